The molecule has 1 aromatic carbocycles. The van der Waals surface area contributed by atoms with Crippen molar-refractivity contribution in [3.05, 3.63) is 77.9 Å². The van der Waals surface area contributed by atoms with E-state index in [1.807, 2.05) is 43.6 Å². The number of carbonyl (C=O) groups is 1. The molecule has 0 fully saturated rings. The van der Waals surface area contributed by atoms with Crippen LogP contribution in [0.3, 0.4) is 0 Å². The second-order valence-electron chi connectivity index (χ2n) is 6.68. The third-order valence-electron chi connectivity index (χ3n) is 4.57. The van der Waals surface area contributed by atoms with Crippen LogP contribution in [0.25, 0.3) is 0 Å². The van der Waals surface area contributed by atoms with Gasteiger partial charge < -0.3 is 5.32 Å². The van der Waals surface area contributed by atoms with Gasteiger partial charge in [-0.25, -0.2) is 0 Å². The summed E-state index contributed by atoms with van der Waals surface area (Å²) in [5, 5.41) is 6.94. The van der Waals surface area contributed by atoms with Gasteiger partial charge in [0.1, 0.15) is 0 Å². The zero-order valence-electron chi connectivity index (χ0n) is 16.0. The molecule has 3 rings (SSSR count). The Morgan fingerprint density at radius 1 is 1.26 bits per heavy atom. The molecular weight excluding hydrogens is 338 g/mol. The number of benzene rings is 1. The van der Waals surface area contributed by atoms with Crippen LogP contribution >= 0.6 is 0 Å². The molecule has 0 aliphatic carbocycles. The summed E-state index contributed by atoms with van der Waals surface area (Å²) in [7, 11) is 3.92. The summed E-state index contributed by atoms with van der Waals surface area (Å²) in [4.78, 5) is 19.0. The minimum absolute atomic E-state index is 0.133. The number of amides is 1. The molecule has 0 unspecified atom stereocenters. The van der Waals surface area contributed by atoms with Crippen molar-refractivity contribution in [1.82, 2.24) is 19.7 Å². The summed E-state index contributed by atoms with van der Waals surface area (Å²) in [6, 6.07) is 12.1. The average Bonchev–Trinajstić information content (AvgIpc) is 3.08. The molecule has 3 aromatic rings. The van der Waals surface area contributed by atoms with Gasteiger partial charge in [-0.1, -0.05) is 25.1 Å². The van der Waals surface area contributed by atoms with Crippen molar-refractivity contribution < 1.29 is 4.79 Å². The first kappa shape index (κ1) is 18.8. The van der Waals surface area contributed by atoms with E-state index in [0.29, 0.717) is 11.3 Å². The smallest absolute Gasteiger partial charge is 0.255 e. The molecule has 0 saturated carbocycles. The predicted molar refractivity (Wildman–Crippen MR) is 106 cm³/mol. The van der Waals surface area contributed by atoms with E-state index in [-0.39, 0.29) is 11.9 Å². The molecule has 6 heteroatoms. The Hall–Kier alpha value is -2.99. The molecule has 1 atom stereocenters. The van der Waals surface area contributed by atoms with Crippen LogP contribution < -0.4 is 5.32 Å². The van der Waals surface area contributed by atoms with Crippen molar-refractivity contribution in [3.8, 4) is 0 Å². The van der Waals surface area contributed by atoms with Gasteiger partial charge in [0.15, 0.2) is 0 Å². The molecule has 1 N–H and O–H groups in total. The lowest BCUT2D eigenvalue weighted by molar-refractivity contribution is 0.102. The number of hydrogen-bond acceptors (Lipinski definition) is 4. The number of nitrogens with one attached hydrogen (secondary N) is 1. The normalized spacial score (nSPS) is 12.1. The lowest BCUT2D eigenvalue weighted by Crippen LogP contribution is -2.24. The highest BCUT2D eigenvalue weighted by Crippen LogP contribution is 2.24. The van der Waals surface area contributed by atoms with Crippen molar-refractivity contribution in [1.29, 1.82) is 0 Å². The minimum atomic E-state index is -0.133. The summed E-state index contributed by atoms with van der Waals surface area (Å²) >= 11 is 0. The summed E-state index contributed by atoms with van der Waals surface area (Å²) in [5.74, 6) is -0.133. The second kappa shape index (κ2) is 8.60. The molecule has 0 bridgehead atoms. The monoisotopic (exact) mass is 363 g/mol. The van der Waals surface area contributed by atoms with E-state index in [0.717, 1.165) is 18.5 Å². The Morgan fingerprint density at radius 2 is 2.11 bits per heavy atom. The van der Waals surface area contributed by atoms with E-state index in [1.54, 1.807) is 23.3 Å². The van der Waals surface area contributed by atoms with Crippen molar-refractivity contribution in [2.75, 3.05) is 12.4 Å². The number of hydrogen-bond donors (Lipinski definition) is 1. The molecule has 6 nitrogen and oxygen atoms in total. The van der Waals surface area contributed by atoms with Crippen molar-refractivity contribution in [2.24, 2.45) is 7.05 Å². The molecule has 0 aliphatic rings. The van der Waals surface area contributed by atoms with E-state index < -0.39 is 0 Å². The first-order chi connectivity index (χ1) is 13.1. The molecule has 0 aliphatic heterocycles. The van der Waals surface area contributed by atoms with Gasteiger partial charge in [0, 0.05) is 43.8 Å². The second-order valence-corrected chi connectivity index (χ2v) is 6.68. The lowest BCUT2D eigenvalue weighted by Gasteiger charge is -2.27. The molecular formula is C21H25N5O. The van der Waals surface area contributed by atoms with E-state index in [9.17, 15) is 4.79 Å². The maximum Gasteiger partial charge on any atom is 0.255 e. The van der Waals surface area contributed by atoms with Gasteiger partial charge in [-0.3, -0.25) is 19.4 Å². The number of aromatic nitrogens is 3. The standard InChI is InChI=1S/C21H25N5O/c1-4-20(18-9-6-10-22-12-18)25(2)14-16-7-5-8-17(11-16)21(27)24-19-13-23-26(3)15-19/h5-13,15,20H,4,14H2,1-3H3,(H,24,27)/t20-/m0/s1. The minimum Gasteiger partial charge on any atom is -0.319 e. The average molecular weight is 363 g/mol. The Bertz CT molecular complexity index is 890. The molecule has 27 heavy (non-hydrogen) atoms. The topological polar surface area (TPSA) is 63.1 Å². The van der Waals surface area contributed by atoms with E-state index >= 15 is 0 Å². The fraction of sp³-hybridized carbons (Fsp3) is 0.286. The van der Waals surface area contributed by atoms with E-state index in [2.05, 4.69) is 40.3 Å². The first-order valence-electron chi connectivity index (χ1n) is 9.06. The Balaban J connectivity index is 1.70. The van der Waals surface area contributed by atoms with Crippen LogP contribution in [0, 0.1) is 0 Å². The number of carbonyl (C=O) groups excluding carboxylic acids is 1. The van der Waals surface area contributed by atoms with Gasteiger partial charge in [-0.15, -0.1) is 0 Å². The SMILES string of the molecule is CC[C@@H](c1cccnc1)N(C)Cc1cccc(C(=O)Nc2cnn(C)c2)c1. The quantitative estimate of drug-likeness (QED) is 0.696. The lowest BCUT2D eigenvalue weighted by atomic mass is 10.0. The molecule has 0 radical (unpaired) electrons. The summed E-state index contributed by atoms with van der Waals surface area (Å²) in [6.45, 7) is 2.92. The third kappa shape index (κ3) is 4.80. The maximum atomic E-state index is 12.5. The van der Waals surface area contributed by atoms with Gasteiger partial charge in [0.2, 0.25) is 0 Å². The van der Waals surface area contributed by atoms with Gasteiger partial charge in [-0.05, 0) is 42.8 Å². The summed E-state index contributed by atoms with van der Waals surface area (Å²) in [5.41, 5.74) is 3.62. The molecule has 1 amide bonds. The van der Waals surface area contributed by atoms with Crippen LogP contribution in [-0.2, 0) is 13.6 Å². The van der Waals surface area contributed by atoms with Crippen LogP contribution in [0.4, 0.5) is 5.69 Å². The highest BCUT2D eigenvalue weighted by molar-refractivity contribution is 6.04. The highest BCUT2D eigenvalue weighted by Gasteiger charge is 2.16. The van der Waals surface area contributed by atoms with Crippen molar-refractivity contribution in [2.45, 2.75) is 25.9 Å². The molecule has 2 aromatic heterocycles. The molecule has 140 valence electrons. The van der Waals surface area contributed by atoms with Crippen LogP contribution in [0.1, 0.15) is 40.9 Å². The van der Waals surface area contributed by atoms with Crippen LogP contribution in [-0.4, -0.2) is 32.6 Å². The summed E-state index contributed by atoms with van der Waals surface area (Å²) in [6.07, 6.45) is 8.11. The Morgan fingerprint density at radius 3 is 2.78 bits per heavy atom. The largest absolute Gasteiger partial charge is 0.319 e. The van der Waals surface area contributed by atoms with E-state index in [1.165, 1.54) is 5.56 Å². The van der Waals surface area contributed by atoms with Gasteiger partial charge in [0.05, 0.1) is 11.9 Å². The number of aryl methyl sites for hydroxylation is 1. The fourth-order valence-corrected chi connectivity index (χ4v) is 3.27. The molecule has 0 spiro atoms. The Kier molecular flexibility index (Phi) is 5.98. The third-order valence-corrected chi connectivity index (χ3v) is 4.57. The number of anilines is 1. The summed E-state index contributed by atoms with van der Waals surface area (Å²) < 4.78 is 1.66. The first-order valence-corrected chi connectivity index (χ1v) is 9.06. The van der Waals surface area contributed by atoms with Crippen LogP contribution in [0.2, 0.25) is 0 Å². The molecule has 2 heterocycles. The number of pyridine rings is 1. The van der Waals surface area contributed by atoms with Crippen LogP contribution in [0.5, 0.6) is 0 Å². The maximum absolute atomic E-state index is 12.5. The highest BCUT2D eigenvalue weighted by atomic mass is 16.1. The number of nitrogens with zero attached hydrogens (tertiary/aromatic N) is 4. The zero-order chi connectivity index (χ0) is 19.2. The predicted octanol–water partition coefficient (Wildman–Crippen LogP) is 3.65. The fourth-order valence-electron chi connectivity index (χ4n) is 3.27. The van der Waals surface area contributed by atoms with Gasteiger partial charge >= 0.3 is 0 Å². The zero-order valence-corrected chi connectivity index (χ0v) is 16.0. The van der Waals surface area contributed by atoms with Crippen molar-refractivity contribution >= 4 is 11.6 Å². The number of rotatable bonds is 7. The van der Waals surface area contributed by atoms with E-state index in [4.69, 9.17) is 0 Å². The van der Waals surface area contributed by atoms with Crippen molar-refractivity contribution in [3.63, 3.8) is 0 Å². The van der Waals surface area contributed by atoms with Gasteiger partial charge in [0.25, 0.3) is 5.91 Å². The molecule has 0 saturated heterocycles. The van der Waals surface area contributed by atoms with Crippen LogP contribution in [0.15, 0.2) is 61.2 Å². The van der Waals surface area contributed by atoms with Gasteiger partial charge in [-0.2, -0.15) is 5.10 Å². The Labute approximate surface area is 159 Å².